The Kier molecular flexibility index (Phi) is 3.62. The third kappa shape index (κ3) is 2.29. The van der Waals surface area contributed by atoms with Crippen LogP contribution < -0.4 is 10.5 Å². The molecule has 0 radical (unpaired) electrons. The second-order valence-electron chi connectivity index (χ2n) is 4.42. The number of pyridine rings is 2. The van der Waals surface area contributed by atoms with E-state index >= 15 is 0 Å². The van der Waals surface area contributed by atoms with Gasteiger partial charge >= 0.3 is 0 Å². The summed E-state index contributed by atoms with van der Waals surface area (Å²) < 4.78 is 21.0. The zero-order valence-corrected chi connectivity index (χ0v) is 13.3. The fourth-order valence-electron chi connectivity index (χ4n) is 2.26. The lowest BCUT2D eigenvalue weighted by molar-refractivity contribution is 0.415. The molecule has 2 heterocycles. The highest BCUT2D eigenvalue weighted by atomic mass is 127. The van der Waals surface area contributed by atoms with Gasteiger partial charge in [0.1, 0.15) is 17.4 Å². The number of ether oxygens (including phenoxy) is 1. The predicted octanol–water partition coefficient (Wildman–Crippen LogP) is 3.63. The molecule has 0 aliphatic carbocycles. The van der Waals surface area contributed by atoms with Gasteiger partial charge in [0.15, 0.2) is 0 Å². The molecule has 2 N–H and O–H groups in total. The van der Waals surface area contributed by atoms with Crippen LogP contribution in [0.2, 0.25) is 0 Å². The van der Waals surface area contributed by atoms with Gasteiger partial charge in [-0.1, -0.05) is 12.1 Å². The molecule has 0 atom stereocenters. The molecule has 2 aromatic heterocycles. The van der Waals surface area contributed by atoms with Gasteiger partial charge in [0.25, 0.3) is 0 Å². The first kappa shape index (κ1) is 14.0. The molecule has 6 heteroatoms. The number of hydrogen-bond acceptors (Lipinski definition) is 4. The van der Waals surface area contributed by atoms with E-state index in [2.05, 4.69) is 32.6 Å². The van der Waals surface area contributed by atoms with Gasteiger partial charge in [0, 0.05) is 38.7 Å². The summed E-state index contributed by atoms with van der Waals surface area (Å²) in [7, 11) is 1.54. The van der Waals surface area contributed by atoms with E-state index in [4.69, 9.17) is 10.5 Å². The smallest absolute Gasteiger partial charge is 0.142 e. The first-order valence-corrected chi connectivity index (χ1v) is 7.22. The SMILES string of the molecule is COc1ccncc1-c1ccc2c(I)cnc(N)c2c1F. The maximum Gasteiger partial charge on any atom is 0.142 e. The number of rotatable bonds is 2. The van der Waals surface area contributed by atoms with Crippen molar-refractivity contribution < 1.29 is 9.13 Å². The van der Waals surface area contributed by atoms with Gasteiger partial charge in [-0.15, -0.1) is 0 Å². The van der Waals surface area contributed by atoms with Crippen LogP contribution in [0.5, 0.6) is 5.75 Å². The third-order valence-electron chi connectivity index (χ3n) is 3.26. The number of nitrogen functional groups attached to an aromatic ring is 1. The third-order valence-corrected chi connectivity index (χ3v) is 4.12. The highest BCUT2D eigenvalue weighted by Crippen LogP contribution is 2.36. The maximum absolute atomic E-state index is 14.9. The van der Waals surface area contributed by atoms with E-state index in [-0.39, 0.29) is 5.82 Å². The Labute approximate surface area is 134 Å². The summed E-state index contributed by atoms with van der Waals surface area (Å²) in [6.45, 7) is 0. The molecule has 4 nitrogen and oxygen atoms in total. The Balaban J connectivity index is 2.35. The number of anilines is 1. The summed E-state index contributed by atoms with van der Waals surface area (Å²) in [4.78, 5) is 8.06. The molecular formula is C15H11FIN3O. The fourth-order valence-corrected chi connectivity index (χ4v) is 2.84. The minimum atomic E-state index is -0.415. The number of halogens is 2. The van der Waals surface area contributed by atoms with Crippen LogP contribution in [-0.4, -0.2) is 17.1 Å². The average Bonchev–Trinajstić information content (AvgIpc) is 2.51. The van der Waals surface area contributed by atoms with E-state index in [1.54, 1.807) is 30.7 Å². The van der Waals surface area contributed by atoms with Crippen molar-refractivity contribution in [2.24, 2.45) is 0 Å². The summed E-state index contributed by atoms with van der Waals surface area (Å²) in [5.74, 6) is 0.315. The van der Waals surface area contributed by atoms with Crippen molar-refractivity contribution in [3.8, 4) is 16.9 Å². The Morgan fingerprint density at radius 1 is 1.19 bits per heavy atom. The molecular weight excluding hydrogens is 384 g/mol. The molecule has 0 aliphatic rings. The molecule has 0 bridgehead atoms. The van der Waals surface area contributed by atoms with Crippen molar-refractivity contribution in [3.63, 3.8) is 0 Å². The topological polar surface area (TPSA) is 61.0 Å². The molecule has 21 heavy (non-hydrogen) atoms. The minimum absolute atomic E-state index is 0.174. The largest absolute Gasteiger partial charge is 0.496 e. The van der Waals surface area contributed by atoms with E-state index in [9.17, 15) is 4.39 Å². The molecule has 0 saturated carbocycles. The summed E-state index contributed by atoms with van der Waals surface area (Å²) >= 11 is 2.11. The first-order chi connectivity index (χ1) is 10.1. The molecule has 106 valence electrons. The van der Waals surface area contributed by atoms with Crippen molar-refractivity contribution in [2.45, 2.75) is 0 Å². The van der Waals surface area contributed by atoms with Gasteiger partial charge in [-0.05, 0) is 28.7 Å². The van der Waals surface area contributed by atoms with E-state index in [0.29, 0.717) is 22.3 Å². The number of nitrogens with zero attached hydrogens (tertiary/aromatic N) is 2. The van der Waals surface area contributed by atoms with Crippen molar-refractivity contribution in [1.82, 2.24) is 9.97 Å². The van der Waals surface area contributed by atoms with Crippen molar-refractivity contribution >= 4 is 39.2 Å². The molecule has 3 aromatic rings. The number of aromatic nitrogens is 2. The van der Waals surface area contributed by atoms with Gasteiger partial charge in [-0.2, -0.15) is 0 Å². The van der Waals surface area contributed by atoms with Crippen molar-refractivity contribution in [1.29, 1.82) is 0 Å². The lowest BCUT2D eigenvalue weighted by atomic mass is 10.0. The number of hydrogen-bond donors (Lipinski definition) is 1. The highest BCUT2D eigenvalue weighted by Gasteiger charge is 2.16. The molecule has 0 spiro atoms. The molecule has 3 rings (SSSR count). The van der Waals surface area contributed by atoms with Crippen LogP contribution in [0.1, 0.15) is 0 Å². The van der Waals surface area contributed by atoms with Crippen LogP contribution in [0.25, 0.3) is 21.9 Å². The molecule has 0 fully saturated rings. The van der Waals surface area contributed by atoms with Crippen LogP contribution in [0.3, 0.4) is 0 Å². The van der Waals surface area contributed by atoms with Crippen LogP contribution in [0.4, 0.5) is 10.2 Å². The standard InChI is InChI=1S/C15H11FIN3O/c1-21-12-4-5-19-6-10(12)8-2-3-9-11(17)7-20-15(18)13(9)14(8)16/h2-7H,1H3,(H2,18,20). The Morgan fingerprint density at radius 3 is 2.76 bits per heavy atom. The normalized spacial score (nSPS) is 10.8. The maximum atomic E-state index is 14.9. The van der Waals surface area contributed by atoms with Crippen LogP contribution >= 0.6 is 22.6 Å². The molecule has 1 aromatic carbocycles. The Bertz CT molecular complexity index is 839. The zero-order valence-electron chi connectivity index (χ0n) is 11.1. The van der Waals surface area contributed by atoms with Gasteiger partial charge in [0.05, 0.1) is 12.5 Å². The Morgan fingerprint density at radius 2 is 2.00 bits per heavy atom. The molecule has 0 saturated heterocycles. The quantitative estimate of drug-likeness (QED) is 0.674. The predicted molar refractivity (Wildman–Crippen MR) is 88.6 cm³/mol. The van der Waals surface area contributed by atoms with Crippen LogP contribution in [-0.2, 0) is 0 Å². The number of benzene rings is 1. The lowest BCUT2D eigenvalue weighted by Gasteiger charge is -2.12. The summed E-state index contributed by atoms with van der Waals surface area (Å²) in [5, 5.41) is 1.07. The van der Waals surface area contributed by atoms with Gasteiger partial charge in [-0.25, -0.2) is 9.37 Å². The number of methoxy groups -OCH3 is 1. The van der Waals surface area contributed by atoms with Gasteiger partial charge in [0.2, 0.25) is 0 Å². The average molecular weight is 395 g/mol. The molecule has 0 amide bonds. The van der Waals surface area contributed by atoms with E-state index in [1.165, 1.54) is 7.11 Å². The van der Waals surface area contributed by atoms with E-state index in [1.807, 2.05) is 6.07 Å². The second kappa shape index (κ2) is 5.44. The first-order valence-electron chi connectivity index (χ1n) is 6.14. The lowest BCUT2D eigenvalue weighted by Crippen LogP contribution is -1.98. The van der Waals surface area contributed by atoms with Crippen LogP contribution in [0, 0.1) is 9.39 Å². The van der Waals surface area contributed by atoms with Crippen LogP contribution in [0.15, 0.2) is 36.8 Å². The molecule has 0 unspecified atom stereocenters. The van der Waals surface area contributed by atoms with E-state index < -0.39 is 5.82 Å². The van der Waals surface area contributed by atoms with Gasteiger partial charge in [-0.3, -0.25) is 4.98 Å². The minimum Gasteiger partial charge on any atom is -0.496 e. The van der Waals surface area contributed by atoms with Gasteiger partial charge < -0.3 is 10.5 Å². The monoisotopic (exact) mass is 395 g/mol. The Hall–Kier alpha value is -1.96. The summed E-state index contributed by atoms with van der Waals surface area (Å²) in [5.41, 5.74) is 6.81. The summed E-state index contributed by atoms with van der Waals surface area (Å²) in [6, 6.07) is 5.23. The fraction of sp³-hybridized carbons (Fsp3) is 0.0667. The van der Waals surface area contributed by atoms with E-state index in [0.717, 1.165) is 8.96 Å². The van der Waals surface area contributed by atoms with Crippen molar-refractivity contribution in [2.75, 3.05) is 12.8 Å². The van der Waals surface area contributed by atoms with Crippen molar-refractivity contribution in [3.05, 3.63) is 46.2 Å². The highest BCUT2D eigenvalue weighted by molar-refractivity contribution is 14.1. The summed E-state index contributed by atoms with van der Waals surface area (Å²) in [6.07, 6.45) is 4.79. The zero-order chi connectivity index (χ0) is 15.0. The molecule has 0 aliphatic heterocycles. The second-order valence-corrected chi connectivity index (χ2v) is 5.58. The number of fused-ring (bicyclic) bond motifs is 1. The number of nitrogens with two attached hydrogens (primary N) is 1.